The van der Waals surface area contributed by atoms with E-state index in [1.165, 1.54) is 55.4 Å². The van der Waals surface area contributed by atoms with Gasteiger partial charge in [0.15, 0.2) is 46.0 Å². The third-order valence-corrected chi connectivity index (χ3v) is 17.3. The Morgan fingerprint density at radius 3 is 0.983 bits per heavy atom. The molecule has 8 heterocycles. The summed E-state index contributed by atoms with van der Waals surface area (Å²) >= 11 is 0. The number of fused-ring (bicyclic) bond motifs is 12. The molecular weight excluding hydrogens is 1520 g/mol. The Kier molecular flexibility index (Phi) is 12.6. The van der Waals surface area contributed by atoms with E-state index in [-0.39, 0.29) is 31.1 Å². The van der Waals surface area contributed by atoms with Gasteiger partial charge in [0.2, 0.25) is 0 Å². The molecule has 16 atom stereocenters. The van der Waals surface area contributed by atoms with Gasteiger partial charge in [-0.1, -0.05) is 110 Å². The highest BCUT2D eigenvalue weighted by molar-refractivity contribution is 5.77. The van der Waals surface area contributed by atoms with Crippen molar-refractivity contribution in [2.75, 3.05) is 109 Å². The fraction of sp³-hybridized carbons (Fsp3) is 0.708. The molecule has 12 rings (SSSR count). The van der Waals surface area contributed by atoms with Crippen LogP contribution in [0.5, 0.6) is 46.0 Å². The fourth-order valence-corrected chi connectivity index (χ4v) is 11.7. The summed E-state index contributed by atoms with van der Waals surface area (Å²) < 4.78 is 759. The highest BCUT2D eigenvalue weighted by Gasteiger charge is 2.47. The highest BCUT2D eigenvalue weighted by Crippen LogP contribution is 2.50. The van der Waals surface area contributed by atoms with Crippen molar-refractivity contribution in [3.63, 3.8) is 0 Å². The van der Waals surface area contributed by atoms with Crippen molar-refractivity contribution >= 4 is 23.9 Å². The quantitative estimate of drug-likeness (QED) is 0.0303. The first kappa shape index (κ1) is 34.3. The first-order valence-corrected chi connectivity index (χ1v) is 36.1. The normalized spacial score (nSPS) is 50.2. The van der Waals surface area contributed by atoms with Crippen LogP contribution in [0.4, 0.5) is 0 Å². The maximum absolute atomic E-state index is 13.8. The number of nitrogens with two attached hydrogens (primary N) is 4. The van der Waals surface area contributed by atoms with E-state index in [0.717, 1.165) is 54.8 Å². The van der Waals surface area contributed by atoms with E-state index >= 15 is 0 Å². The number of carbonyl (C=O) groups excluding carboxylic acids is 4. The molecule has 4 aromatic rings. The van der Waals surface area contributed by atoms with Crippen LogP contribution in [0.1, 0.15) is 342 Å². The number of esters is 4. The van der Waals surface area contributed by atoms with Crippen molar-refractivity contribution in [2.45, 2.75) is 259 Å². The minimum atomic E-state index is -4.27. The summed E-state index contributed by atoms with van der Waals surface area (Å²) in [4.78, 5) is 54.4. The maximum Gasteiger partial charge on any atom is 0.323 e. The zero-order valence-electron chi connectivity index (χ0n) is 149. The summed E-state index contributed by atoms with van der Waals surface area (Å²) in [5.41, 5.74) is 15.0. The second kappa shape index (κ2) is 43.9. The summed E-state index contributed by atoms with van der Waals surface area (Å²) in [7, 11) is -0.242. The van der Waals surface area contributed by atoms with Gasteiger partial charge in [-0.25, -0.2) is 0 Å². The number of rotatable bonds is 28. The molecule has 0 aliphatic carbocycles. The molecule has 24 heteroatoms. The van der Waals surface area contributed by atoms with Crippen molar-refractivity contribution in [3.8, 4) is 46.0 Å². The standard InChI is InChI=1S/4C24H38N2O4/c4*1-14(2)9-17-13-26-8-7-16-10-21(28-5)22(29-6)11-18(16)19(26)12-20(17)30-24(27)23(25)15(3)4/h4*10-11,14-15,17,19-20,23H,7-9,12-13,25H2,1-6H3/t4*17?,19?,20?,23-/m0000/s1/i2*3D3,4D3,5D3,7D2,8D2,12D2,13D2,15D,17D,19D,20D,23D;3D3,4D3,7D2,8D2,12D2,13D2,15D,17D,19D,20D,23D;3D3,4D3,7D2,8D2,10D,11D,12D2,13D2,15D,17D,23D. The minimum Gasteiger partial charge on any atom is -0.493 e. The zero-order chi connectivity index (χ0) is 160. The Balaban J connectivity index is 0.000000291. The van der Waals surface area contributed by atoms with E-state index in [9.17, 15) is 54.8 Å². The van der Waals surface area contributed by atoms with Gasteiger partial charge in [-0.3, -0.25) is 38.8 Å². The molecule has 8 aliphatic rings. The first-order valence-electron chi connectivity index (χ1n) is 77.1. The number of aryl methyl sites for hydroxylation is 3. The van der Waals surface area contributed by atoms with Gasteiger partial charge in [0.1, 0.15) is 48.4 Å². The van der Waals surface area contributed by atoms with Crippen LogP contribution in [0.15, 0.2) is 48.5 Å². The predicted octanol–water partition coefficient (Wildman–Crippen LogP) is 14.3. The summed E-state index contributed by atoms with van der Waals surface area (Å²) in [6.07, 6.45) is -49.0. The molecule has 4 aromatic carbocycles. The van der Waals surface area contributed by atoms with E-state index < -0.39 is 456 Å². The molecule has 12 unspecified atom stereocenters. The number of benzene rings is 4. The number of hydrogen-bond acceptors (Lipinski definition) is 24. The molecule has 0 aromatic heterocycles. The molecule has 672 valence electrons. The van der Waals surface area contributed by atoms with Crippen molar-refractivity contribution < 1.29 is 188 Å². The van der Waals surface area contributed by atoms with Crippen LogP contribution in [-0.4, -0.2) is 201 Å². The molecule has 0 saturated carbocycles. The van der Waals surface area contributed by atoms with Gasteiger partial charge in [-0.15, -0.1) is 0 Å². The van der Waals surface area contributed by atoms with Crippen molar-refractivity contribution in [1.82, 2.24) is 19.6 Å². The molecule has 0 radical (unpaired) electrons. The van der Waals surface area contributed by atoms with Crippen LogP contribution in [-0.2, 0) is 63.6 Å². The van der Waals surface area contributed by atoms with E-state index in [1.807, 2.05) is 0 Å². The second-order valence-electron chi connectivity index (χ2n) is 27.9. The second-order valence-corrected chi connectivity index (χ2v) is 27.9. The van der Waals surface area contributed by atoms with Gasteiger partial charge in [-0.2, -0.15) is 0 Å². The molecule has 4 saturated heterocycles. The van der Waals surface area contributed by atoms with Gasteiger partial charge in [0, 0.05) is 213 Å². The van der Waals surface area contributed by atoms with Gasteiger partial charge in [-0.05, 0) is 191 Å². The lowest BCUT2D eigenvalue weighted by Gasteiger charge is -2.47. The summed E-state index contributed by atoms with van der Waals surface area (Å²) in [6.45, 7) is -51.9. The SMILES string of the molecule is [2H]C([2H])([2H])C([2H])(C([2H])([2H])[2H])[C@]([2H])(N)C(=O)OC1([2H])C([2H])([2H])C2([2H])c3cc(OC)c(OC)cc3C([2H])([2H])C([2H])([2H])N2C([2H])([2H])C1([2H])CC(C)C.[2H]C([2H])([2H])Oc1cc2c(cc1OC)C1([2H])N(C([2H])([2H])C2([2H])[2H])C([2H])([2H])C([2H])(CC(C)C)C([2H])(OC(=O)[C@@]([2H])(N)C([2H])(C([2H])([2H])[2H])C([2H])([2H])[2H])C1([2H])[2H].[2H]C([2H])([2H])Oc1cc2c(cc1OC)C1([2H])N(C([2H])([2H])C2([2H])[2H])C([2H])([2H])C([2H])(CC(C)C)C([2H])(OC(=O)[C@@]([2H])(N)C([2H])(C([2H])([2H])[2H])C([2H])([2H])[2H])C1([2H])[2H].[2H]c1c(OC)c(OC)c([2H])c2c1C1N(C([2H])([2H])C2([2H])[2H])C([2H])([2H])C([2H])(CC(C)C)C(OC(=O)[C@@]([2H])(N)C([2H])(C([2H])([2H])[2H])C([2H])([2H])[2H])C1([2H])[2H]. The van der Waals surface area contributed by atoms with Crippen LogP contribution >= 0.6 is 0 Å². The topological polar surface area (TPSA) is 296 Å². The number of hydrogen-bond donors (Lipinski definition) is 4. The predicted molar refractivity (Wildman–Crippen MR) is 471 cm³/mol. The summed E-state index contributed by atoms with van der Waals surface area (Å²) in [5, 5.41) is 0. The van der Waals surface area contributed by atoms with Gasteiger partial charge < -0.3 is 79.8 Å². The fourth-order valence-electron chi connectivity index (χ4n) is 11.7. The lowest BCUT2D eigenvalue weighted by Crippen LogP contribution is -2.51. The smallest absolute Gasteiger partial charge is 0.323 e. The Morgan fingerprint density at radius 1 is 0.383 bits per heavy atom. The molecule has 4 fully saturated rings. The number of methoxy groups -OCH3 is 8. The summed E-state index contributed by atoms with van der Waals surface area (Å²) in [6, 6.07) is -28.4. The third-order valence-electron chi connectivity index (χ3n) is 17.3. The Bertz CT molecular complexity index is 7680. The first-order chi connectivity index (χ1) is 88.5. The molecule has 0 amide bonds. The Labute approximate surface area is 833 Å². The van der Waals surface area contributed by atoms with E-state index in [0.29, 0.717) is 24.3 Å². The largest absolute Gasteiger partial charge is 0.493 e. The number of nitrogens with zero attached hydrogens (tertiary/aromatic N) is 4. The van der Waals surface area contributed by atoms with Crippen molar-refractivity contribution in [2.24, 2.45) is 93.8 Å². The maximum atomic E-state index is 13.8. The summed E-state index contributed by atoms with van der Waals surface area (Å²) in [5.74, 6) is -49.2. The van der Waals surface area contributed by atoms with Gasteiger partial charge in [0.25, 0.3) is 0 Å². The molecular formula is C96H152N8O16. The van der Waals surface area contributed by atoms with Crippen LogP contribution in [0.2, 0.25) is 0 Å². The van der Waals surface area contributed by atoms with E-state index in [4.69, 9.17) is 157 Å². The number of carbonyl (C=O) groups is 4. The average molecular weight is 1760 g/mol. The number of piperidine rings is 4. The highest BCUT2D eigenvalue weighted by atomic mass is 16.6. The number of ether oxygens (including phenoxy) is 12. The van der Waals surface area contributed by atoms with Crippen LogP contribution in [0.3, 0.4) is 0 Å². The van der Waals surface area contributed by atoms with Crippen molar-refractivity contribution in [3.05, 3.63) is 93.0 Å². The van der Waals surface area contributed by atoms with Crippen LogP contribution < -0.4 is 60.8 Å². The lowest BCUT2D eigenvalue weighted by molar-refractivity contribution is -0.161. The monoisotopic (exact) mass is 1760 g/mol. The molecule has 120 heavy (non-hydrogen) atoms. The molecule has 0 bridgehead atoms. The average Bonchev–Trinajstić information content (AvgIpc) is 0.636. The molecule has 0 spiro atoms. The molecule has 8 N–H and O–H groups in total. The van der Waals surface area contributed by atoms with Crippen LogP contribution in [0, 0.1) is 70.8 Å². The Hall–Kier alpha value is -7.16. The van der Waals surface area contributed by atoms with Crippen LogP contribution in [0.25, 0.3) is 0 Å². The van der Waals surface area contributed by atoms with Gasteiger partial charge in [0.05, 0.1) is 81.4 Å². The minimum absolute atomic E-state index is 0.0570. The van der Waals surface area contributed by atoms with Crippen molar-refractivity contribution in [1.29, 1.82) is 0 Å². The molecule has 24 nitrogen and oxygen atoms in total. The van der Waals surface area contributed by atoms with E-state index in [1.54, 1.807) is 0 Å². The lowest BCUT2D eigenvalue weighted by atomic mass is 9.79. The molecule has 8 aliphatic heterocycles. The van der Waals surface area contributed by atoms with Gasteiger partial charge >= 0.3 is 23.9 Å². The Morgan fingerprint density at radius 2 is 0.667 bits per heavy atom. The van der Waals surface area contributed by atoms with E-state index in [2.05, 4.69) is 0 Å². The third kappa shape index (κ3) is 23.8. The zero-order valence-corrected chi connectivity index (χ0v) is 67.4.